The van der Waals surface area contributed by atoms with Crippen molar-refractivity contribution in [2.75, 3.05) is 13.2 Å². The summed E-state index contributed by atoms with van der Waals surface area (Å²) in [6, 6.07) is 0. The molecule has 2 rings (SSSR count). The highest BCUT2D eigenvalue weighted by molar-refractivity contribution is 5.72. The van der Waals surface area contributed by atoms with E-state index in [1.165, 1.54) is 38.5 Å². The summed E-state index contributed by atoms with van der Waals surface area (Å²) in [6.07, 6.45) is 4.23. The van der Waals surface area contributed by atoms with Crippen molar-refractivity contribution in [3.8, 4) is 0 Å². The van der Waals surface area contributed by atoms with Crippen LogP contribution in [0.2, 0.25) is 0 Å². The lowest BCUT2D eigenvalue weighted by atomic mass is 9.75. The second kappa shape index (κ2) is 8.03. The van der Waals surface area contributed by atoms with Gasteiger partial charge < -0.3 is 14.2 Å². The third-order valence-electron chi connectivity index (χ3n) is 4.54. The lowest BCUT2D eigenvalue weighted by molar-refractivity contribution is -0.316. The second-order valence-corrected chi connectivity index (χ2v) is 6.02. The van der Waals surface area contributed by atoms with Crippen LogP contribution in [0.15, 0.2) is 0 Å². The molecule has 0 bridgehead atoms. The maximum absolute atomic E-state index is 12.1. The van der Waals surface area contributed by atoms with Crippen molar-refractivity contribution in [3.63, 3.8) is 0 Å². The number of carbonyl (C=O) groups excluding carboxylic acids is 1. The number of ether oxygens (including phenoxy) is 3. The van der Waals surface area contributed by atoms with Gasteiger partial charge >= 0.3 is 18.9 Å². The van der Waals surface area contributed by atoms with E-state index < -0.39 is 18.9 Å². The van der Waals surface area contributed by atoms with Crippen molar-refractivity contribution in [3.05, 3.63) is 0 Å². The van der Waals surface area contributed by atoms with Gasteiger partial charge in [0.1, 0.15) is 0 Å². The van der Waals surface area contributed by atoms with Gasteiger partial charge in [-0.05, 0) is 24.7 Å². The number of esters is 1. The molecule has 2 fully saturated rings. The van der Waals surface area contributed by atoms with Crippen molar-refractivity contribution in [2.45, 2.75) is 58.4 Å². The quantitative estimate of drug-likeness (QED) is 0.731. The summed E-state index contributed by atoms with van der Waals surface area (Å²) in [7, 11) is 0. The largest absolute Gasteiger partial charge is 0.406 e. The van der Waals surface area contributed by atoms with Gasteiger partial charge in [-0.2, -0.15) is 8.78 Å². The topological polar surface area (TPSA) is 44.8 Å². The van der Waals surface area contributed by atoms with Gasteiger partial charge in [0, 0.05) is 5.92 Å². The van der Waals surface area contributed by atoms with E-state index >= 15 is 0 Å². The molecule has 0 aromatic rings. The van der Waals surface area contributed by atoms with Gasteiger partial charge in [0.25, 0.3) is 0 Å². The van der Waals surface area contributed by atoms with Gasteiger partial charge in [-0.1, -0.05) is 32.6 Å². The number of hydrogen-bond acceptors (Lipinski definition) is 4. The highest BCUT2D eigenvalue weighted by Crippen LogP contribution is 2.36. The molecule has 1 saturated heterocycles. The van der Waals surface area contributed by atoms with Gasteiger partial charge in [0.2, 0.25) is 0 Å². The van der Waals surface area contributed by atoms with Crippen LogP contribution >= 0.6 is 0 Å². The van der Waals surface area contributed by atoms with E-state index in [0.717, 1.165) is 5.92 Å². The third kappa shape index (κ3) is 4.88. The summed E-state index contributed by atoms with van der Waals surface area (Å²) in [5.41, 5.74) is 0. The molecule has 0 aromatic heterocycles. The molecular weight excluding hydrogens is 282 g/mol. The summed E-state index contributed by atoms with van der Waals surface area (Å²) < 4.78 is 39.0. The van der Waals surface area contributed by atoms with Crippen molar-refractivity contribution in [1.29, 1.82) is 0 Å². The van der Waals surface area contributed by atoms with Crippen LogP contribution in [0, 0.1) is 17.8 Å². The highest BCUT2D eigenvalue weighted by atomic mass is 19.3. The average Bonchev–Trinajstić information content (AvgIpc) is 2.49. The number of carbonyl (C=O) groups is 1. The zero-order valence-corrected chi connectivity index (χ0v) is 12.4. The Balaban J connectivity index is 1.68. The van der Waals surface area contributed by atoms with E-state index in [4.69, 9.17) is 9.47 Å². The molecule has 2 aliphatic rings. The van der Waals surface area contributed by atoms with Crippen LogP contribution in [0.4, 0.5) is 8.78 Å². The Morgan fingerprint density at radius 3 is 2.29 bits per heavy atom. The first-order valence-corrected chi connectivity index (χ1v) is 7.82. The van der Waals surface area contributed by atoms with Crippen molar-refractivity contribution < 1.29 is 27.8 Å². The van der Waals surface area contributed by atoms with E-state index in [1.807, 2.05) is 0 Å². The molecule has 122 valence electrons. The van der Waals surface area contributed by atoms with E-state index in [0.29, 0.717) is 19.1 Å². The van der Waals surface area contributed by atoms with E-state index in [2.05, 4.69) is 11.7 Å². The Morgan fingerprint density at radius 2 is 1.76 bits per heavy atom. The minimum absolute atomic E-state index is 0.272. The molecule has 0 spiro atoms. The molecule has 1 aliphatic heterocycles. The second-order valence-electron chi connectivity index (χ2n) is 6.02. The molecule has 1 saturated carbocycles. The predicted octanol–water partition coefficient (Wildman–Crippen LogP) is 3.35. The smallest absolute Gasteiger partial charge is 0.377 e. The first-order valence-electron chi connectivity index (χ1n) is 7.82. The van der Waals surface area contributed by atoms with Crippen LogP contribution in [-0.2, 0) is 19.0 Å². The van der Waals surface area contributed by atoms with Crippen LogP contribution in [0.1, 0.15) is 45.4 Å². The SMILES string of the molecule is CCCC1CCC(C2COC(OC(=O)C(F)F)OC2)CC1. The Labute approximate surface area is 124 Å². The molecule has 4 nitrogen and oxygen atoms in total. The third-order valence-corrected chi connectivity index (χ3v) is 4.54. The lowest BCUT2D eigenvalue weighted by Crippen LogP contribution is -2.40. The summed E-state index contributed by atoms with van der Waals surface area (Å²) in [4.78, 5) is 10.8. The lowest BCUT2D eigenvalue weighted by Gasteiger charge is -2.37. The standard InChI is InChI=1S/C15H24F2O4/c1-2-3-10-4-6-11(7-5-10)12-8-19-15(20-9-12)21-14(18)13(16)17/h10-13,15H,2-9H2,1H3. The van der Waals surface area contributed by atoms with Gasteiger partial charge in [-0.15, -0.1) is 0 Å². The molecule has 21 heavy (non-hydrogen) atoms. The zero-order chi connectivity index (χ0) is 15.2. The predicted molar refractivity (Wildman–Crippen MR) is 71.6 cm³/mol. The Hall–Kier alpha value is -0.750. The fourth-order valence-corrected chi connectivity index (χ4v) is 3.34. The number of rotatable bonds is 5. The van der Waals surface area contributed by atoms with Crippen LogP contribution < -0.4 is 0 Å². The number of alkyl halides is 2. The minimum atomic E-state index is -3.15. The molecule has 0 aromatic carbocycles. The minimum Gasteiger partial charge on any atom is -0.406 e. The normalized spacial score (nSPS) is 33.9. The summed E-state index contributed by atoms with van der Waals surface area (Å²) in [5, 5.41) is 0. The van der Waals surface area contributed by atoms with E-state index in [9.17, 15) is 13.6 Å². The maximum Gasteiger partial charge on any atom is 0.377 e. The van der Waals surface area contributed by atoms with Gasteiger partial charge in [-0.25, -0.2) is 4.79 Å². The van der Waals surface area contributed by atoms with Crippen molar-refractivity contribution >= 4 is 5.97 Å². The Kier molecular flexibility index (Phi) is 6.36. The molecular formula is C15H24F2O4. The van der Waals surface area contributed by atoms with Crippen molar-refractivity contribution in [1.82, 2.24) is 0 Å². The van der Waals surface area contributed by atoms with Gasteiger partial charge in [-0.3, -0.25) is 0 Å². The van der Waals surface area contributed by atoms with Crippen molar-refractivity contribution in [2.24, 2.45) is 17.8 Å². The molecule has 0 radical (unpaired) electrons. The summed E-state index contributed by atoms with van der Waals surface area (Å²) >= 11 is 0. The Morgan fingerprint density at radius 1 is 1.14 bits per heavy atom. The fourth-order valence-electron chi connectivity index (χ4n) is 3.34. The first kappa shape index (κ1) is 16.6. The molecule has 0 amide bonds. The van der Waals surface area contributed by atoms with Crippen LogP contribution in [0.3, 0.4) is 0 Å². The number of hydrogen-bond donors (Lipinski definition) is 0. The summed E-state index contributed by atoms with van der Waals surface area (Å²) in [5.74, 6) is 0.0777. The molecule has 1 aliphatic carbocycles. The van der Waals surface area contributed by atoms with E-state index in [1.54, 1.807) is 0 Å². The highest BCUT2D eigenvalue weighted by Gasteiger charge is 2.33. The van der Waals surface area contributed by atoms with E-state index in [-0.39, 0.29) is 5.92 Å². The van der Waals surface area contributed by atoms with Gasteiger partial charge in [0.15, 0.2) is 0 Å². The monoisotopic (exact) mass is 306 g/mol. The Bertz CT molecular complexity index is 322. The molecule has 0 N–H and O–H groups in total. The molecule has 1 heterocycles. The molecule has 6 heteroatoms. The van der Waals surface area contributed by atoms with Crippen LogP contribution in [0.25, 0.3) is 0 Å². The van der Waals surface area contributed by atoms with Crippen LogP contribution in [0.5, 0.6) is 0 Å². The van der Waals surface area contributed by atoms with Gasteiger partial charge in [0.05, 0.1) is 13.2 Å². The van der Waals surface area contributed by atoms with Crippen LogP contribution in [-0.4, -0.2) is 32.1 Å². The zero-order valence-electron chi connectivity index (χ0n) is 12.4. The summed E-state index contributed by atoms with van der Waals surface area (Å²) in [6.45, 7) is 1.75. The molecule has 0 unspecified atom stereocenters. The maximum atomic E-state index is 12.1. The number of halogens is 2. The average molecular weight is 306 g/mol. The first-order chi connectivity index (χ1) is 10.1. The molecule has 0 atom stereocenters. The fraction of sp³-hybridized carbons (Fsp3) is 0.933.